The summed E-state index contributed by atoms with van der Waals surface area (Å²) in [4.78, 5) is 24.1. The van der Waals surface area contributed by atoms with Gasteiger partial charge in [0.15, 0.2) is 6.61 Å². The van der Waals surface area contributed by atoms with Crippen LogP contribution in [0.25, 0.3) is 0 Å². The number of amides is 2. The third-order valence-electron chi connectivity index (χ3n) is 4.34. The van der Waals surface area contributed by atoms with Gasteiger partial charge in [0.2, 0.25) is 0 Å². The third kappa shape index (κ3) is 5.82. The number of benzene rings is 2. The van der Waals surface area contributed by atoms with Crippen molar-refractivity contribution in [3.8, 4) is 5.75 Å². The lowest BCUT2D eigenvalue weighted by Crippen LogP contribution is -2.31. The Bertz CT molecular complexity index is 766. The number of nitrogens with one attached hydrogen (secondary N) is 2. The standard InChI is InChI=1S/C21H24N2O4/c1-15-4-10-18(11-5-15)27-14-20(24)23-17-8-6-16(7-9-17)21(25)22-13-19-3-2-12-26-19/h4-11,19H,2-3,12-14H2,1H3,(H,22,25)(H,23,24). The summed E-state index contributed by atoms with van der Waals surface area (Å²) >= 11 is 0. The molecule has 6 nitrogen and oxygen atoms in total. The number of anilines is 1. The minimum absolute atomic E-state index is 0.0767. The Morgan fingerprint density at radius 2 is 1.85 bits per heavy atom. The van der Waals surface area contributed by atoms with Crippen molar-refractivity contribution in [2.45, 2.75) is 25.9 Å². The lowest BCUT2D eigenvalue weighted by atomic mass is 10.2. The monoisotopic (exact) mass is 368 g/mol. The smallest absolute Gasteiger partial charge is 0.262 e. The molecule has 1 aliphatic rings. The SMILES string of the molecule is Cc1ccc(OCC(=O)Nc2ccc(C(=O)NCC3CCCO3)cc2)cc1. The van der Waals surface area contributed by atoms with E-state index in [1.54, 1.807) is 24.3 Å². The van der Waals surface area contributed by atoms with E-state index < -0.39 is 0 Å². The number of hydrogen-bond donors (Lipinski definition) is 2. The molecule has 142 valence electrons. The van der Waals surface area contributed by atoms with Crippen LogP contribution in [0.2, 0.25) is 0 Å². The molecule has 2 aromatic rings. The highest BCUT2D eigenvalue weighted by atomic mass is 16.5. The quantitative estimate of drug-likeness (QED) is 0.788. The second kappa shape index (κ2) is 9.19. The van der Waals surface area contributed by atoms with Gasteiger partial charge in [-0.25, -0.2) is 0 Å². The molecule has 1 heterocycles. The highest BCUT2D eigenvalue weighted by Gasteiger charge is 2.16. The van der Waals surface area contributed by atoms with Crippen LogP contribution in [0.3, 0.4) is 0 Å². The lowest BCUT2D eigenvalue weighted by molar-refractivity contribution is -0.118. The third-order valence-corrected chi connectivity index (χ3v) is 4.34. The zero-order valence-electron chi connectivity index (χ0n) is 15.4. The molecule has 1 unspecified atom stereocenters. The maximum Gasteiger partial charge on any atom is 0.262 e. The fourth-order valence-electron chi connectivity index (χ4n) is 2.80. The van der Waals surface area contributed by atoms with E-state index in [0.717, 1.165) is 25.0 Å². The van der Waals surface area contributed by atoms with Gasteiger partial charge in [-0.2, -0.15) is 0 Å². The van der Waals surface area contributed by atoms with Crippen LogP contribution in [0, 0.1) is 6.92 Å². The zero-order chi connectivity index (χ0) is 19.1. The lowest BCUT2D eigenvalue weighted by Gasteiger charge is -2.11. The second-order valence-corrected chi connectivity index (χ2v) is 6.57. The van der Waals surface area contributed by atoms with Crippen molar-refractivity contribution in [1.29, 1.82) is 0 Å². The van der Waals surface area contributed by atoms with Crippen LogP contribution in [-0.4, -0.2) is 37.7 Å². The molecule has 0 aromatic heterocycles. The average Bonchev–Trinajstić information content (AvgIpc) is 3.20. The van der Waals surface area contributed by atoms with Crippen LogP contribution >= 0.6 is 0 Å². The van der Waals surface area contributed by atoms with Crippen LogP contribution in [0.5, 0.6) is 5.75 Å². The number of ether oxygens (including phenoxy) is 2. The van der Waals surface area contributed by atoms with Gasteiger partial charge in [0, 0.05) is 24.4 Å². The molecule has 1 atom stereocenters. The molecular formula is C21H24N2O4. The summed E-state index contributed by atoms with van der Waals surface area (Å²) in [6, 6.07) is 14.3. The molecular weight excluding hydrogens is 344 g/mol. The van der Waals surface area contributed by atoms with Crippen molar-refractivity contribution in [2.75, 3.05) is 25.1 Å². The number of carbonyl (C=O) groups excluding carboxylic acids is 2. The molecule has 0 radical (unpaired) electrons. The Morgan fingerprint density at radius 3 is 2.52 bits per heavy atom. The second-order valence-electron chi connectivity index (χ2n) is 6.57. The van der Waals surface area contributed by atoms with Gasteiger partial charge in [0.25, 0.3) is 11.8 Å². The number of aryl methyl sites for hydroxylation is 1. The predicted molar refractivity (Wildman–Crippen MR) is 103 cm³/mol. The van der Waals surface area contributed by atoms with Gasteiger partial charge < -0.3 is 20.1 Å². The number of carbonyl (C=O) groups is 2. The fraction of sp³-hybridized carbons (Fsp3) is 0.333. The van der Waals surface area contributed by atoms with Crippen LogP contribution in [-0.2, 0) is 9.53 Å². The van der Waals surface area contributed by atoms with Crippen molar-refractivity contribution >= 4 is 17.5 Å². The highest BCUT2D eigenvalue weighted by Crippen LogP contribution is 2.13. The molecule has 0 saturated carbocycles. The van der Waals surface area contributed by atoms with E-state index in [9.17, 15) is 9.59 Å². The van der Waals surface area contributed by atoms with E-state index in [2.05, 4.69) is 10.6 Å². The molecule has 1 saturated heterocycles. The fourth-order valence-corrected chi connectivity index (χ4v) is 2.80. The molecule has 6 heteroatoms. The minimum Gasteiger partial charge on any atom is -0.484 e. The molecule has 0 bridgehead atoms. The van der Waals surface area contributed by atoms with Gasteiger partial charge in [-0.1, -0.05) is 17.7 Å². The maximum absolute atomic E-state index is 12.1. The van der Waals surface area contributed by atoms with Crippen LogP contribution in [0.15, 0.2) is 48.5 Å². The van der Waals surface area contributed by atoms with E-state index in [4.69, 9.17) is 9.47 Å². The Kier molecular flexibility index (Phi) is 6.44. The average molecular weight is 368 g/mol. The summed E-state index contributed by atoms with van der Waals surface area (Å²) < 4.78 is 10.9. The number of hydrogen-bond acceptors (Lipinski definition) is 4. The zero-order valence-corrected chi connectivity index (χ0v) is 15.4. The van der Waals surface area contributed by atoms with Crippen molar-refractivity contribution in [3.63, 3.8) is 0 Å². The van der Waals surface area contributed by atoms with Crippen LogP contribution < -0.4 is 15.4 Å². The van der Waals surface area contributed by atoms with E-state index >= 15 is 0 Å². The van der Waals surface area contributed by atoms with Crippen molar-refractivity contribution < 1.29 is 19.1 Å². The normalized spacial score (nSPS) is 16.0. The van der Waals surface area contributed by atoms with Crippen LogP contribution in [0.4, 0.5) is 5.69 Å². The summed E-state index contributed by atoms with van der Waals surface area (Å²) in [5.41, 5.74) is 2.29. The largest absolute Gasteiger partial charge is 0.484 e. The molecule has 0 aliphatic carbocycles. The van der Waals surface area contributed by atoms with Gasteiger partial charge in [-0.3, -0.25) is 9.59 Å². The van der Waals surface area contributed by atoms with Gasteiger partial charge in [0.05, 0.1) is 6.10 Å². The first-order valence-corrected chi connectivity index (χ1v) is 9.09. The van der Waals surface area contributed by atoms with Crippen LogP contribution in [0.1, 0.15) is 28.8 Å². The van der Waals surface area contributed by atoms with Gasteiger partial charge >= 0.3 is 0 Å². The summed E-state index contributed by atoms with van der Waals surface area (Å²) in [6.45, 7) is 3.20. The minimum atomic E-state index is -0.258. The van der Waals surface area contributed by atoms with Crippen molar-refractivity contribution in [3.05, 3.63) is 59.7 Å². The summed E-state index contributed by atoms with van der Waals surface area (Å²) in [5.74, 6) is 0.242. The Balaban J connectivity index is 1.44. The van der Waals surface area contributed by atoms with E-state index in [-0.39, 0.29) is 24.5 Å². The molecule has 1 fully saturated rings. The first kappa shape index (κ1) is 18.9. The van der Waals surface area contributed by atoms with E-state index in [1.165, 1.54) is 0 Å². The topological polar surface area (TPSA) is 76.7 Å². The summed E-state index contributed by atoms with van der Waals surface area (Å²) in [6.07, 6.45) is 2.14. The first-order chi connectivity index (χ1) is 13.1. The Morgan fingerprint density at radius 1 is 1.11 bits per heavy atom. The molecule has 3 rings (SSSR count). The van der Waals surface area contributed by atoms with E-state index in [0.29, 0.717) is 23.5 Å². The first-order valence-electron chi connectivity index (χ1n) is 9.09. The van der Waals surface area contributed by atoms with Crippen molar-refractivity contribution in [1.82, 2.24) is 5.32 Å². The number of rotatable bonds is 7. The summed E-state index contributed by atoms with van der Waals surface area (Å²) in [5, 5.41) is 5.62. The Hall–Kier alpha value is -2.86. The van der Waals surface area contributed by atoms with Crippen molar-refractivity contribution in [2.24, 2.45) is 0 Å². The molecule has 2 amide bonds. The Labute approximate surface area is 158 Å². The van der Waals surface area contributed by atoms with E-state index in [1.807, 2.05) is 31.2 Å². The highest BCUT2D eigenvalue weighted by molar-refractivity contribution is 5.96. The molecule has 2 N–H and O–H groups in total. The maximum atomic E-state index is 12.1. The van der Waals surface area contributed by atoms with Gasteiger partial charge in [0.1, 0.15) is 5.75 Å². The molecule has 27 heavy (non-hydrogen) atoms. The molecule has 2 aromatic carbocycles. The molecule has 1 aliphatic heterocycles. The predicted octanol–water partition coefficient (Wildman–Crippen LogP) is 2.92. The summed E-state index contributed by atoms with van der Waals surface area (Å²) in [7, 11) is 0. The van der Waals surface area contributed by atoms with Gasteiger partial charge in [-0.15, -0.1) is 0 Å². The molecule has 0 spiro atoms. The van der Waals surface area contributed by atoms with Gasteiger partial charge in [-0.05, 0) is 56.2 Å².